The molecule has 3 aromatic rings. The molecule has 0 spiro atoms. The van der Waals surface area contributed by atoms with Crippen molar-refractivity contribution in [2.24, 2.45) is 0 Å². The van der Waals surface area contributed by atoms with Crippen molar-refractivity contribution < 1.29 is 27.1 Å². The number of hydrogen-bond donors (Lipinski definition) is 2. The fourth-order valence-corrected chi connectivity index (χ4v) is 4.17. The highest BCUT2D eigenvalue weighted by Crippen LogP contribution is 2.26. The van der Waals surface area contributed by atoms with E-state index in [1.807, 2.05) is 0 Å². The molecule has 7 nitrogen and oxygen atoms in total. The molecule has 0 saturated heterocycles. The first-order valence-electron chi connectivity index (χ1n) is 9.30. The highest BCUT2D eigenvalue weighted by atomic mass is 35.5. The van der Waals surface area contributed by atoms with Crippen molar-refractivity contribution in [3.8, 4) is 11.5 Å². The molecule has 2 N–H and O–H groups in total. The highest BCUT2D eigenvalue weighted by molar-refractivity contribution is 7.89. The molecule has 3 aromatic carbocycles. The van der Waals surface area contributed by atoms with Crippen molar-refractivity contribution in [2.75, 3.05) is 19.5 Å². The molecule has 0 heterocycles. The third-order valence-electron chi connectivity index (χ3n) is 4.50. The zero-order valence-electron chi connectivity index (χ0n) is 17.2. The lowest BCUT2D eigenvalue weighted by molar-refractivity contribution is 0.102. The normalized spacial score (nSPS) is 11.1. The summed E-state index contributed by atoms with van der Waals surface area (Å²) in [4.78, 5) is 12.4. The molecule has 0 bridgehead atoms. The Kier molecular flexibility index (Phi) is 7.34. The van der Waals surface area contributed by atoms with Crippen molar-refractivity contribution in [1.82, 2.24) is 4.72 Å². The van der Waals surface area contributed by atoms with E-state index >= 15 is 0 Å². The molecule has 0 fully saturated rings. The van der Waals surface area contributed by atoms with Crippen LogP contribution in [-0.4, -0.2) is 28.5 Å². The number of hydrogen-bond acceptors (Lipinski definition) is 5. The summed E-state index contributed by atoms with van der Waals surface area (Å²) in [5.74, 6) is -1.16. The minimum Gasteiger partial charge on any atom is -0.495 e. The van der Waals surface area contributed by atoms with Gasteiger partial charge in [-0.15, -0.1) is 0 Å². The SMILES string of the molecule is COc1ccc(NC(=O)c2ccc(OC)c(S(=O)(=O)NCc3ccc(Cl)cc3)c2)cc1F. The van der Waals surface area contributed by atoms with Gasteiger partial charge in [-0.05, 0) is 48.0 Å². The van der Waals surface area contributed by atoms with Crippen LogP contribution < -0.4 is 19.5 Å². The minimum absolute atomic E-state index is 0.0181. The molecule has 0 aliphatic carbocycles. The van der Waals surface area contributed by atoms with E-state index in [0.717, 1.165) is 6.07 Å². The van der Waals surface area contributed by atoms with Gasteiger partial charge in [-0.3, -0.25) is 4.79 Å². The molecule has 0 atom stereocenters. The summed E-state index contributed by atoms with van der Waals surface area (Å²) in [6.07, 6.45) is 0. The highest BCUT2D eigenvalue weighted by Gasteiger charge is 2.22. The summed E-state index contributed by atoms with van der Waals surface area (Å²) < 4.78 is 52.1. The van der Waals surface area contributed by atoms with Gasteiger partial charge in [-0.2, -0.15) is 0 Å². The number of ether oxygens (including phenoxy) is 2. The van der Waals surface area contributed by atoms with Crippen LogP contribution in [0.2, 0.25) is 5.02 Å². The van der Waals surface area contributed by atoms with Crippen LogP contribution in [0.4, 0.5) is 10.1 Å². The molecule has 0 aliphatic heterocycles. The number of carbonyl (C=O) groups excluding carboxylic acids is 1. The Morgan fingerprint density at radius 1 is 0.969 bits per heavy atom. The zero-order chi connectivity index (χ0) is 23.3. The smallest absolute Gasteiger partial charge is 0.255 e. The molecule has 0 unspecified atom stereocenters. The average molecular weight is 479 g/mol. The fourth-order valence-electron chi connectivity index (χ4n) is 2.83. The number of methoxy groups -OCH3 is 2. The second-order valence-electron chi connectivity index (χ2n) is 6.62. The first-order valence-corrected chi connectivity index (χ1v) is 11.2. The molecular formula is C22H20ClFN2O5S. The number of rotatable bonds is 8. The van der Waals surface area contributed by atoms with Crippen LogP contribution >= 0.6 is 11.6 Å². The van der Waals surface area contributed by atoms with Crippen LogP contribution in [0.25, 0.3) is 0 Å². The second kappa shape index (κ2) is 9.99. The van der Waals surface area contributed by atoms with Gasteiger partial charge in [0.15, 0.2) is 11.6 Å². The average Bonchev–Trinajstić information content (AvgIpc) is 2.78. The summed E-state index contributed by atoms with van der Waals surface area (Å²) >= 11 is 5.85. The lowest BCUT2D eigenvalue weighted by atomic mass is 10.2. The Labute approximate surface area is 190 Å². The predicted octanol–water partition coefficient (Wildman–Crippen LogP) is 4.23. The Morgan fingerprint density at radius 2 is 1.62 bits per heavy atom. The number of halogens is 2. The molecule has 1 amide bonds. The van der Waals surface area contributed by atoms with Crippen molar-refractivity contribution in [3.05, 3.63) is 82.6 Å². The van der Waals surface area contributed by atoms with E-state index in [-0.39, 0.29) is 34.2 Å². The van der Waals surface area contributed by atoms with Gasteiger partial charge < -0.3 is 14.8 Å². The van der Waals surface area contributed by atoms with Crippen molar-refractivity contribution >= 4 is 33.2 Å². The maximum absolute atomic E-state index is 13.9. The van der Waals surface area contributed by atoms with Gasteiger partial charge in [0.25, 0.3) is 5.91 Å². The quantitative estimate of drug-likeness (QED) is 0.505. The molecule has 0 radical (unpaired) electrons. The number of nitrogens with one attached hydrogen (secondary N) is 2. The third kappa shape index (κ3) is 5.56. The predicted molar refractivity (Wildman–Crippen MR) is 119 cm³/mol. The van der Waals surface area contributed by atoms with Crippen LogP contribution in [0.15, 0.2) is 65.6 Å². The minimum atomic E-state index is -4.02. The van der Waals surface area contributed by atoms with E-state index in [1.54, 1.807) is 24.3 Å². The van der Waals surface area contributed by atoms with Crippen LogP contribution in [-0.2, 0) is 16.6 Å². The van der Waals surface area contributed by atoms with Gasteiger partial charge in [0.2, 0.25) is 10.0 Å². The van der Waals surface area contributed by atoms with Crippen LogP contribution in [0, 0.1) is 5.82 Å². The summed E-state index contributed by atoms with van der Waals surface area (Å²) in [5.41, 5.74) is 0.940. The standard InChI is InChI=1S/C22H20ClFN2O5S/c1-30-19-10-8-17(12-18(19)24)26-22(27)15-5-9-20(31-2)21(11-15)32(28,29)25-13-14-3-6-16(23)7-4-14/h3-12,25H,13H2,1-2H3,(H,26,27). The van der Waals surface area contributed by atoms with Gasteiger partial charge in [-0.25, -0.2) is 17.5 Å². The lowest BCUT2D eigenvalue weighted by Gasteiger charge is -2.13. The van der Waals surface area contributed by atoms with Crippen molar-refractivity contribution in [2.45, 2.75) is 11.4 Å². The molecular weight excluding hydrogens is 459 g/mol. The van der Waals surface area contributed by atoms with Crippen molar-refractivity contribution in [1.29, 1.82) is 0 Å². The van der Waals surface area contributed by atoms with E-state index in [0.29, 0.717) is 10.6 Å². The topological polar surface area (TPSA) is 93.7 Å². The molecule has 0 aromatic heterocycles. The zero-order valence-corrected chi connectivity index (χ0v) is 18.8. The Bertz CT molecular complexity index is 1230. The first kappa shape index (κ1) is 23.5. The number of benzene rings is 3. The van der Waals surface area contributed by atoms with Gasteiger partial charge in [-0.1, -0.05) is 23.7 Å². The van der Waals surface area contributed by atoms with E-state index in [1.165, 1.54) is 44.6 Å². The monoisotopic (exact) mass is 478 g/mol. The third-order valence-corrected chi connectivity index (χ3v) is 6.18. The number of anilines is 1. The van der Waals surface area contributed by atoms with Gasteiger partial charge in [0.1, 0.15) is 10.6 Å². The number of carbonyl (C=O) groups is 1. The second-order valence-corrected chi connectivity index (χ2v) is 8.79. The number of amides is 1. The Balaban J connectivity index is 1.83. The lowest BCUT2D eigenvalue weighted by Crippen LogP contribution is -2.24. The first-order chi connectivity index (χ1) is 15.2. The largest absolute Gasteiger partial charge is 0.495 e. The van der Waals surface area contributed by atoms with Crippen LogP contribution in [0.1, 0.15) is 15.9 Å². The molecule has 168 valence electrons. The maximum atomic E-state index is 13.9. The Morgan fingerprint density at radius 3 is 2.25 bits per heavy atom. The van der Waals surface area contributed by atoms with Gasteiger partial charge in [0, 0.05) is 28.9 Å². The van der Waals surface area contributed by atoms with Gasteiger partial charge >= 0.3 is 0 Å². The van der Waals surface area contributed by atoms with E-state index < -0.39 is 21.7 Å². The fraction of sp³-hybridized carbons (Fsp3) is 0.136. The number of sulfonamides is 1. The Hall–Kier alpha value is -3.14. The molecule has 0 saturated carbocycles. The van der Waals surface area contributed by atoms with Crippen LogP contribution in [0.3, 0.4) is 0 Å². The summed E-state index contributed by atoms with van der Waals surface area (Å²) in [6.45, 7) is 0.0181. The van der Waals surface area contributed by atoms with Crippen LogP contribution in [0.5, 0.6) is 11.5 Å². The van der Waals surface area contributed by atoms with E-state index in [4.69, 9.17) is 21.1 Å². The molecule has 3 rings (SSSR count). The van der Waals surface area contributed by atoms with E-state index in [9.17, 15) is 17.6 Å². The van der Waals surface area contributed by atoms with Gasteiger partial charge in [0.05, 0.1) is 14.2 Å². The molecule has 32 heavy (non-hydrogen) atoms. The van der Waals surface area contributed by atoms with Crippen molar-refractivity contribution in [3.63, 3.8) is 0 Å². The molecule has 10 heteroatoms. The molecule has 0 aliphatic rings. The summed E-state index contributed by atoms with van der Waals surface area (Å²) in [7, 11) is -1.36. The van der Waals surface area contributed by atoms with E-state index in [2.05, 4.69) is 10.0 Å². The summed E-state index contributed by atoms with van der Waals surface area (Å²) in [6, 6.07) is 14.6. The summed E-state index contributed by atoms with van der Waals surface area (Å²) in [5, 5.41) is 3.06. The maximum Gasteiger partial charge on any atom is 0.255 e.